The number of allylic oxidation sites excluding steroid dienone is 2. The molecule has 0 spiro atoms. The van der Waals surface area contributed by atoms with Crippen LogP contribution in [0.5, 0.6) is 17.2 Å². The van der Waals surface area contributed by atoms with Gasteiger partial charge in [-0.3, -0.25) is 14.6 Å². The number of carboxylic acids is 1. The number of carboxylic acid groups (broad SMARTS) is 1. The third-order valence-electron chi connectivity index (χ3n) is 6.36. The summed E-state index contributed by atoms with van der Waals surface area (Å²) in [5.74, 6) is -0.496. The molecule has 1 aliphatic carbocycles. The van der Waals surface area contributed by atoms with Crippen molar-refractivity contribution in [2.24, 2.45) is 0 Å². The van der Waals surface area contributed by atoms with Crippen LogP contribution in [0.15, 0.2) is 60.4 Å². The molecule has 202 valence electrons. The molecule has 4 rings (SSSR count). The van der Waals surface area contributed by atoms with Crippen molar-refractivity contribution >= 4 is 29.1 Å². The van der Waals surface area contributed by atoms with Gasteiger partial charge in [0.2, 0.25) is 11.7 Å². The van der Waals surface area contributed by atoms with Crippen LogP contribution in [0.4, 0.5) is 4.39 Å². The van der Waals surface area contributed by atoms with Gasteiger partial charge in [-0.15, -0.1) is 0 Å². The van der Waals surface area contributed by atoms with Crippen LogP contribution in [0.2, 0.25) is 0 Å². The second-order valence-electron chi connectivity index (χ2n) is 8.91. The number of pyridine rings is 1. The molecular weight excluding hydrogens is 503 g/mol. The highest BCUT2D eigenvalue weighted by Crippen LogP contribution is 2.45. The average molecular weight is 533 g/mol. The topological polar surface area (TPSA) is 107 Å². The largest absolute Gasteiger partial charge is 0.493 e. The number of aliphatic carboxylic acids is 1. The number of ether oxygens (including phenoxy) is 3. The number of carbonyl (C=O) groups excluding carboxylic acids is 1. The van der Waals surface area contributed by atoms with Crippen LogP contribution >= 0.6 is 0 Å². The minimum Gasteiger partial charge on any atom is -0.493 e. The number of carbonyl (C=O) groups is 2. The number of nitrogens with one attached hydrogen (secondary N) is 1. The summed E-state index contributed by atoms with van der Waals surface area (Å²) in [6, 6.07) is 11.7. The van der Waals surface area contributed by atoms with Gasteiger partial charge >= 0.3 is 5.97 Å². The lowest BCUT2D eigenvalue weighted by atomic mass is 10.00. The van der Waals surface area contributed by atoms with E-state index in [0.717, 1.165) is 33.4 Å². The first-order valence-corrected chi connectivity index (χ1v) is 12.3. The highest BCUT2D eigenvalue weighted by atomic mass is 19.1. The van der Waals surface area contributed by atoms with Gasteiger partial charge in [-0.2, -0.15) is 0 Å². The normalized spacial score (nSPS) is 13.3. The predicted molar refractivity (Wildman–Crippen MR) is 145 cm³/mol. The Hall–Kier alpha value is -4.66. The van der Waals surface area contributed by atoms with Gasteiger partial charge < -0.3 is 24.6 Å². The molecule has 0 saturated carbocycles. The summed E-state index contributed by atoms with van der Waals surface area (Å²) >= 11 is 0. The van der Waals surface area contributed by atoms with Gasteiger partial charge in [-0.1, -0.05) is 12.1 Å². The number of methoxy groups -OCH3 is 2. The summed E-state index contributed by atoms with van der Waals surface area (Å²) in [6.45, 7) is 2.21. The number of aromatic nitrogens is 1. The van der Waals surface area contributed by atoms with Gasteiger partial charge in [0.25, 0.3) is 0 Å². The van der Waals surface area contributed by atoms with Crippen LogP contribution in [0.1, 0.15) is 42.0 Å². The molecule has 3 aromatic rings. The molecule has 1 aliphatic rings. The van der Waals surface area contributed by atoms with E-state index in [1.165, 1.54) is 26.4 Å². The van der Waals surface area contributed by atoms with E-state index in [9.17, 15) is 14.0 Å². The van der Waals surface area contributed by atoms with E-state index < -0.39 is 5.97 Å². The van der Waals surface area contributed by atoms with Gasteiger partial charge in [0.15, 0.2) is 11.5 Å². The van der Waals surface area contributed by atoms with Gasteiger partial charge in [0.1, 0.15) is 5.82 Å². The fourth-order valence-electron chi connectivity index (χ4n) is 4.44. The summed E-state index contributed by atoms with van der Waals surface area (Å²) in [5, 5.41) is 11.8. The number of benzene rings is 2. The molecule has 1 heterocycles. The van der Waals surface area contributed by atoms with Crippen molar-refractivity contribution in [1.82, 2.24) is 10.3 Å². The molecule has 2 aromatic carbocycles. The smallest absolute Gasteiger partial charge is 0.306 e. The first-order valence-electron chi connectivity index (χ1n) is 12.3. The lowest BCUT2D eigenvalue weighted by molar-refractivity contribution is -0.137. The second-order valence-corrected chi connectivity index (χ2v) is 8.91. The SMILES string of the molecule is COc1cc(C=C2C(C)=C(CC(=O)NCc3cccnc3)c3cc(F)ccc32)cc(OC)c1OCCC(=O)O. The first kappa shape index (κ1) is 27.4. The van der Waals surface area contributed by atoms with Crippen LogP contribution in [0, 0.1) is 5.82 Å². The van der Waals surface area contributed by atoms with E-state index in [2.05, 4.69) is 10.3 Å². The molecule has 0 saturated heterocycles. The molecule has 39 heavy (non-hydrogen) atoms. The molecule has 0 unspecified atom stereocenters. The van der Waals surface area contributed by atoms with Crippen molar-refractivity contribution < 1.29 is 33.3 Å². The monoisotopic (exact) mass is 532 g/mol. The molecule has 0 atom stereocenters. The van der Waals surface area contributed by atoms with E-state index in [-0.39, 0.29) is 31.2 Å². The molecule has 0 aliphatic heterocycles. The maximum Gasteiger partial charge on any atom is 0.306 e. The zero-order valence-electron chi connectivity index (χ0n) is 21.9. The van der Waals surface area contributed by atoms with Crippen LogP contribution < -0.4 is 19.5 Å². The number of hydrogen-bond donors (Lipinski definition) is 2. The van der Waals surface area contributed by atoms with Crippen molar-refractivity contribution in [2.75, 3.05) is 20.8 Å². The van der Waals surface area contributed by atoms with Crippen LogP contribution in [-0.2, 0) is 16.1 Å². The highest BCUT2D eigenvalue weighted by Gasteiger charge is 2.26. The van der Waals surface area contributed by atoms with Gasteiger partial charge in [-0.25, -0.2) is 4.39 Å². The molecule has 0 fully saturated rings. The Balaban J connectivity index is 1.66. The summed E-state index contributed by atoms with van der Waals surface area (Å²) < 4.78 is 30.9. The van der Waals surface area contributed by atoms with Crippen molar-refractivity contribution in [3.63, 3.8) is 0 Å². The van der Waals surface area contributed by atoms with Crippen molar-refractivity contribution in [2.45, 2.75) is 26.3 Å². The Bertz CT molecular complexity index is 1420. The van der Waals surface area contributed by atoms with Crippen LogP contribution in [-0.4, -0.2) is 42.8 Å². The number of rotatable bonds is 11. The Morgan fingerprint density at radius 2 is 1.82 bits per heavy atom. The van der Waals surface area contributed by atoms with Crippen molar-refractivity contribution in [3.8, 4) is 17.2 Å². The van der Waals surface area contributed by atoms with E-state index in [1.54, 1.807) is 36.7 Å². The standard InChI is InChI=1S/C30H29FN2O6/c1-18-23(11-20-12-26(37-2)30(27(13-20)38-3)39-10-8-29(35)36)22-7-6-21(31)14-25(22)24(18)15-28(34)33-17-19-5-4-9-32-16-19/h4-7,9,11-14,16H,8,10,15,17H2,1-3H3,(H,33,34)(H,35,36). The average Bonchev–Trinajstić information content (AvgIpc) is 3.17. The molecule has 8 nitrogen and oxygen atoms in total. The van der Waals surface area contributed by atoms with E-state index >= 15 is 0 Å². The summed E-state index contributed by atoms with van der Waals surface area (Å²) in [7, 11) is 2.97. The number of amides is 1. The molecule has 0 bridgehead atoms. The number of hydrogen-bond acceptors (Lipinski definition) is 6. The fourth-order valence-corrected chi connectivity index (χ4v) is 4.44. The number of halogens is 1. The van der Waals surface area contributed by atoms with Crippen molar-refractivity contribution in [1.29, 1.82) is 0 Å². The van der Waals surface area contributed by atoms with Gasteiger partial charge in [-0.05, 0) is 82.3 Å². The third kappa shape index (κ3) is 6.43. The zero-order chi connectivity index (χ0) is 27.9. The Labute approximate surface area is 225 Å². The summed E-state index contributed by atoms with van der Waals surface area (Å²) in [6.07, 6.45) is 5.19. The Kier molecular flexibility index (Phi) is 8.60. The van der Waals surface area contributed by atoms with E-state index in [1.807, 2.05) is 19.1 Å². The minimum atomic E-state index is -0.977. The molecule has 0 radical (unpaired) electrons. The molecule has 2 N–H and O–H groups in total. The van der Waals surface area contributed by atoms with Gasteiger partial charge in [0.05, 0.1) is 33.7 Å². The van der Waals surface area contributed by atoms with E-state index in [0.29, 0.717) is 29.4 Å². The highest BCUT2D eigenvalue weighted by molar-refractivity contribution is 6.08. The van der Waals surface area contributed by atoms with Crippen molar-refractivity contribution in [3.05, 3.63) is 88.5 Å². The quantitative estimate of drug-likeness (QED) is 0.353. The molecule has 1 amide bonds. The van der Waals surface area contributed by atoms with Gasteiger partial charge in [0, 0.05) is 18.9 Å². The predicted octanol–water partition coefficient (Wildman–Crippen LogP) is 5.13. The lowest BCUT2D eigenvalue weighted by Crippen LogP contribution is -2.22. The second kappa shape index (κ2) is 12.3. The lowest BCUT2D eigenvalue weighted by Gasteiger charge is -2.15. The Morgan fingerprint density at radius 1 is 1.08 bits per heavy atom. The van der Waals surface area contributed by atoms with Crippen LogP contribution in [0.3, 0.4) is 0 Å². The summed E-state index contributed by atoms with van der Waals surface area (Å²) in [5.41, 5.74) is 5.52. The number of nitrogens with zero attached hydrogens (tertiary/aromatic N) is 1. The molecular formula is C30H29FN2O6. The minimum absolute atomic E-state index is 0.0461. The van der Waals surface area contributed by atoms with E-state index in [4.69, 9.17) is 19.3 Å². The zero-order valence-corrected chi connectivity index (χ0v) is 21.9. The fraction of sp³-hybridized carbons (Fsp3) is 0.233. The Morgan fingerprint density at radius 3 is 2.46 bits per heavy atom. The molecule has 1 aromatic heterocycles. The van der Waals surface area contributed by atoms with Crippen LogP contribution in [0.25, 0.3) is 17.2 Å². The third-order valence-corrected chi connectivity index (χ3v) is 6.36. The first-order chi connectivity index (χ1) is 18.8. The maximum atomic E-state index is 14.3. The summed E-state index contributed by atoms with van der Waals surface area (Å²) in [4.78, 5) is 27.8. The number of fused-ring (bicyclic) bond motifs is 1. The maximum absolute atomic E-state index is 14.3. The molecule has 9 heteroatoms.